The Kier molecular flexibility index (Phi) is 5.14. The van der Waals surface area contributed by atoms with Gasteiger partial charge in [-0.25, -0.2) is 0 Å². The van der Waals surface area contributed by atoms with Gasteiger partial charge in [0, 0.05) is 37.4 Å². The van der Waals surface area contributed by atoms with Gasteiger partial charge in [-0.3, -0.25) is 4.98 Å². The second kappa shape index (κ2) is 6.86. The van der Waals surface area contributed by atoms with Crippen LogP contribution in [0.3, 0.4) is 0 Å². The molecule has 100 valence electrons. The van der Waals surface area contributed by atoms with Crippen molar-refractivity contribution in [3.8, 4) is 0 Å². The molecule has 18 heavy (non-hydrogen) atoms. The number of nitrogens with zero attached hydrogens (tertiary/aromatic N) is 2. The fourth-order valence-corrected chi connectivity index (χ4v) is 2.49. The minimum Gasteiger partial charge on any atom is -0.312 e. The number of hydrogen-bond acceptors (Lipinski definition) is 3. The Morgan fingerprint density at radius 2 is 2.33 bits per heavy atom. The van der Waals surface area contributed by atoms with Gasteiger partial charge >= 0.3 is 0 Å². The van der Waals surface area contributed by atoms with Crippen molar-refractivity contribution in [2.45, 2.75) is 32.7 Å². The van der Waals surface area contributed by atoms with Gasteiger partial charge in [0.2, 0.25) is 0 Å². The topological polar surface area (TPSA) is 28.2 Å². The molecule has 0 aliphatic carbocycles. The summed E-state index contributed by atoms with van der Waals surface area (Å²) in [6.45, 7) is 9.28. The predicted molar refractivity (Wildman–Crippen MR) is 75.6 cm³/mol. The van der Waals surface area contributed by atoms with Crippen LogP contribution in [0, 0.1) is 5.92 Å². The maximum atomic E-state index is 4.40. The summed E-state index contributed by atoms with van der Waals surface area (Å²) in [5.74, 6) is 0.709. The van der Waals surface area contributed by atoms with Crippen LogP contribution >= 0.6 is 0 Å². The molecule has 0 radical (unpaired) electrons. The summed E-state index contributed by atoms with van der Waals surface area (Å²) in [4.78, 5) is 6.98. The van der Waals surface area contributed by atoms with Crippen molar-refractivity contribution in [3.05, 3.63) is 30.1 Å². The van der Waals surface area contributed by atoms with E-state index in [-0.39, 0.29) is 0 Å². The van der Waals surface area contributed by atoms with Crippen molar-refractivity contribution >= 4 is 0 Å². The SMILES string of the molecule is CC(C)C1CN(CCc2ccccn2)CCCN1. The molecule has 3 nitrogen and oxygen atoms in total. The summed E-state index contributed by atoms with van der Waals surface area (Å²) in [5.41, 5.74) is 1.20. The third-order valence-corrected chi connectivity index (χ3v) is 3.73. The Hall–Kier alpha value is -0.930. The average molecular weight is 247 g/mol. The van der Waals surface area contributed by atoms with Crippen LogP contribution in [0.15, 0.2) is 24.4 Å². The van der Waals surface area contributed by atoms with Gasteiger partial charge in [-0.05, 0) is 37.6 Å². The van der Waals surface area contributed by atoms with E-state index < -0.39 is 0 Å². The molecule has 2 heterocycles. The van der Waals surface area contributed by atoms with Gasteiger partial charge in [-0.15, -0.1) is 0 Å². The first kappa shape index (κ1) is 13.5. The molecule has 1 aromatic rings. The first-order valence-corrected chi connectivity index (χ1v) is 7.11. The number of nitrogens with one attached hydrogen (secondary N) is 1. The third kappa shape index (κ3) is 4.07. The molecule has 0 aromatic carbocycles. The Balaban J connectivity index is 1.84. The summed E-state index contributed by atoms with van der Waals surface area (Å²) in [5, 5.41) is 3.65. The summed E-state index contributed by atoms with van der Waals surface area (Å²) in [6, 6.07) is 6.81. The lowest BCUT2D eigenvalue weighted by molar-refractivity contribution is 0.247. The van der Waals surface area contributed by atoms with Crippen molar-refractivity contribution in [2.75, 3.05) is 26.2 Å². The first-order valence-electron chi connectivity index (χ1n) is 7.11. The average Bonchev–Trinajstić information content (AvgIpc) is 2.63. The second-order valence-electron chi connectivity index (χ2n) is 5.53. The predicted octanol–water partition coefficient (Wildman–Crippen LogP) is 1.94. The van der Waals surface area contributed by atoms with E-state index in [4.69, 9.17) is 0 Å². The Morgan fingerprint density at radius 3 is 3.06 bits per heavy atom. The maximum Gasteiger partial charge on any atom is 0.0416 e. The largest absolute Gasteiger partial charge is 0.312 e. The second-order valence-corrected chi connectivity index (χ2v) is 5.53. The van der Waals surface area contributed by atoms with Crippen molar-refractivity contribution in [2.24, 2.45) is 5.92 Å². The monoisotopic (exact) mass is 247 g/mol. The van der Waals surface area contributed by atoms with Crippen LogP contribution in [0.1, 0.15) is 26.0 Å². The van der Waals surface area contributed by atoms with E-state index in [1.807, 2.05) is 12.3 Å². The van der Waals surface area contributed by atoms with E-state index in [2.05, 4.69) is 41.2 Å². The summed E-state index contributed by atoms with van der Waals surface area (Å²) < 4.78 is 0. The zero-order valence-corrected chi connectivity index (χ0v) is 11.6. The molecule has 1 saturated heterocycles. The molecule has 0 spiro atoms. The lowest BCUT2D eigenvalue weighted by Gasteiger charge is -2.26. The minimum atomic E-state index is 0.635. The molecular formula is C15H25N3. The highest BCUT2D eigenvalue weighted by molar-refractivity contribution is 5.03. The minimum absolute atomic E-state index is 0.635. The zero-order valence-electron chi connectivity index (χ0n) is 11.6. The molecular weight excluding hydrogens is 222 g/mol. The number of rotatable bonds is 4. The van der Waals surface area contributed by atoms with Crippen LogP contribution in [0.25, 0.3) is 0 Å². The van der Waals surface area contributed by atoms with Gasteiger partial charge in [0.25, 0.3) is 0 Å². The number of pyridine rings is 1. The zero-order chi connectivity index (χ0) is 12.8. The van der Waals surface area contributed by atoms with E-state index >= 15 is 0 Å². The standard InChI is InChI=1S/C15H25N3/c1-13(2)15-12-18(10-5-9-17-15)11-7-14-6-3-4-8-16-14/h3-4,6,8,13,15,17H,5,7,9-12H2,1-2H3. The van der Waals surface area contributed by atoms with Gasteiger partial charge in [0.05, 0.1) is 0 Å². The van der Waals surface area contributed by atoms with Crippen LogP contribution in [-0.2, 0) is 6.42 Å². The van der Waals surface area contributed by atoms with E-state index in [9.17, 15) is 0 Å². The van der Waals surface area contributed by atoms with Crippen molar-refractivity contribution in [1.82, 2.24) is 15.2 Å². The fraction of sp³-hybridized carbons (Fsp3) is 0.667. The van der Waals surface area contributed by atoms with Gasteiger partial charge in [-0.1, -0.05) is 19.9 Å². The molecule has 1 aliphatic heterocycles. The summed E-state index contributed by atoms with van der Waals surface area (Å²) in [6.07, 6.45) is 4.20. The first-order chi connectivity index (χ1) is 8.75. The Morgan fingerprint density at radius 1 is 1.44 bits per heavy atom. The van der Waals surface area contributed by atoms with Gasteiger partial charge in [-0.2, -0.15) is 0 Å². The Labute approximate surface area is 111 Å². The van der Waals surface area contributed by atoms with Gasteiger partial charge in [0.15, 0.2) is 0 Å². The molecule has 0 saturated carbocycles. The molecule has 1 N–H and O–H groups in total. The highest BCUT2D eigenvalue weighted by atomic mass is 15.2. The smallest absolute Gasteiger partial charge is 0.0416 e. The fourth-order valence-electron chi connectivity index (χ4n) is 2.49. The molecule has 3 heteroatoms. The molecule has 0 amide bonds. The number of aromatic nitrogens is 1. The van der Waals surface area contributed by atoms with Crippen LogP contribution in [0.5, 0.6) is 0 Å². The quantitative estimate of drug-likeness (QED) is 0.881. The molecule has 2 rings (SSSR count). The third-order valence-electron chi connectivity index (χ3n) is 3.73. The molecule has 1 aromatic heterocycles. The highest BCUT2D eigenvalue weighted by Gasteiger charge is 2.19. The molecule has 1 fully saturated rings. The molecule has 1 aliphatic rings. The molecule has 0 bridgehead atoms. The maximum absolute atomic E-state index is 4.40. The van der Waals surface area contributed by atoms with Crippen molar-refractivity contribution in [3.63, 3.8) is 0 Å². The van der Waals surface area contributed by atoms with E-state index in [1.54, 1.807) is 0 Å². The van der Waals surface area contributed by atoms with Crippen LogP contribution in [0.2, 0.25) is 0 Å². The lowest BCUT2D eigenvalue weighted by Crippen LogP contribution is -2.41. The van der Waals surface area contributed by atoms with E-state index in [0.717, 1.165) is 19.5 Å². The normalized spacial score (nSPS) is 22.1. The number of hydrogen-bond donors (Lipinski definition) is 1. The summed E-state index contributed by atoms with van der Waals surface area (Å²) >= 11 is 0. The molecule has 1 atom stereocenters. The van der Waals surface area contributed by atoms with Gasteiger partial charge in [0.1, 0.15) is 0 Å². The van der Waals surface area contributed by atoms with E-state index in [0.29, 0.717) is 12.0 Å². The van der Waals surface area contributed by atoms with E-state index in [1.165, 1.54) is 25.2 Å². The Bertz CT molecular complexity index is 337. The molecule has 1 unspecified atom stereocenters. The van der Waals surface area contributed by atoms with Crippen LogP contribution < -0.4 is 5.32 Å². The van der Waals surface area contributed by atoms with Gasteiger partial charge < -0.3 is 10.2 Å². The van der Waals surface area contributed by atoms with Crippen molar-refractivity contribution < 1.29 is 0 Å². The van der Waals surface area contributed by atoms with Crippen LogP contribution in [0.4, 0.5) is 0 Å². The van der Waals surface area contributed by atoms with Crippen molar-refractivity contribution in [1.29, 1.82) is 0 Å². The highest BCUT2D eigenvalue weighted by Crippen LogP contribution is 2.09. The lowest BCUT2D eigenvalue weighted by atomic mass is 10.0. The summed E-state index contributed by atoms with van der Waals surface area (Å²) in [7, 11) is 0. The van der Waals surface area contributed by atoms with Crippen LogP contribution in [-0.4, -0.2) is 42.1 Å².